The van der Waals surface area contributed by atoms with E-state index < -0.39 is 14.9 Å². The van der Waals surface area contributed by atoms with E-state index in [-0.39, 0.29) is 10.6 Å². The van der Waals surface area contributed by atoms with Crippen molar-refractivity contribution in [3.05, 3.63) is 58.1 Å². The number of nitrogens with one attached hydrogen (secondary N) is 1. The van der Waals surface area contributed by atoms with Gasteiger partial charge in [0.15, 0.2) is 0 Å². The highest BCUT2D eigenvalue weighted by Gasteiger charge is 2.24. The molecule has 0 atom stereocenters. The lowest BCUT2D eigenvalue weighted by molar-refractivity contribution is -0.384. The molecule has 0 aliphatic carbocycles. The van der Waals surface area contributed by atoms with Crippen molar-refractivity contribution in [2.45, 2.75) is 37.1 Å². The first-order valence-corrected chi connectivity index (χ1v) is 11.0. The number of rotatable bonds is 7. The van der Waals surface area contributed by atoms with Crippen molar-refractivity contribution in [2.24, 2.45) is 0 Å². The average Bonchev–Trinajstić information content (AvgIpc) is 3.02. The molecule has 0 aromatic heterocycles. The van der Waals surface area contributed by atoms with Gasteiger partial charge in [0.25, 0.3) is 5.69 Å². The van der Waals surface area contributed by atoms with E-state index in [1.165, 1.54) is 19.2 Å². The molecule has 0 unspecified atom stereocenters. The number of ether oxygens (including phenoxy) is 1. The molecule has 1 aliphatic heterocycles. The van der Waals surface area contributed by atoms with Gasteiger partial charge in [0, 0.05) is 43.0 Å². The average molecular weight is 420 g/mol. The van der Waals surface area contributed by atoms with Gasteiger partial charge in [-0.15, -0.1) is 0 Å². The summed E-state index contributed by atoms with van der Waals surface area (Å²) in [7, 11) is -1.98. The van der Waals surface area contributed by atoms with Crippen LogP contribution in [0.1, 0.15) is 31.2 Å². The van der Waals surface area contributed by atoms with Gasteiger partial charge in [-0.1, -0.05) is 12.8 Å². The molecule has 1 fully saturated rings. The highest BCUT2D eigenvalue weighted by Crippen LogP contribution is 2.26. The lowest BCUT2D eigenvalue weighted by Crippen LogP contribution is -2.31. The van der Waals surface area contributed by atoms with Gasteiger partial charge in [0.2, 0.25) is 10.0 Å². The van der Waals surface area contributed by atoms with Gasteiger partial charge in [0.05, 0.1) is 16.9 Å². The van der Waals surface area contributed by atoms with Crippen LogP contribution in [0.5, 0.6) is 5.75 Å². The molecular formula is C20H25N3O5S. The summed E-state index contributed by atoms with van der Waals surface area (Å²) in [5.74, 6) is 0.545. The Kier molecular flexibility index (Phi) is 6.71. The van der Waals surface area contributed by atoms with E-state index in [9.17, 15) is 18.5 Å². The standard InChI is InChI=1S/C20H25N3O5S/c1-28-20-11-8-18(23(24)25)14-16(20)15-21-17-6-9-19(10-7-17)29(26,27)22-12-4-2-3-5-13-22/h6-11,14,21H,2-5,12-13,15H2,1H3. The third kappa shape index (κ3) is 5.04. The number of sulfonamides is 1. The quantitative estimate of drug-likeness (QED) is 0.541. The summed E-state index contributed by atoms with van der Waals surface area (Å²) in [6.07, 6.45) is 3.92. The molecule has 0 saturated carbocycles. The summed E-state index contributed by atoms with van der Waals surface area (Å²) in [5.41, 5.74) is 1.35. The Morgan fingerprint density at radius 1 is 1.07 bits per heavy atom. The predicted molar refractivity (Wildman–Crippen MR) is 111 cm³/mol. The number of hydrogen-bond acceptors (Lipinski definition) is 6. The maximum atomic E-state index is 12.8. The number of benzene rings is 2. The van der Waals surface area contributed by atoms with Crippen molar-refractivity contribution in [1.29, 1.82) is 0 Å². The molecule has 0 amide bonds. The van der Waals surface area contributed by atoms with E-state index in [0.29, 0.717) is 36.6 Å². The molecular weight excluding hydrogens is 394 g/mol. The second kappa shape index (κ2) is 9.23. The van der Waals surface area contributed by atoms with Crippen LogP contribution in [0.3, 0.4) is 0 Å². The van der Waals surface area contributed by atoms with Crippen molar-refractivity contribution in [3.8, 4) is 5.75 Å². The molecule has 0 radical (unpaired) electrons. The van der Waals surface area contributed by atoms with E-state index in [4.69, 9.17) is 4.74 Å². The van der Waals surface area contributed by atoms with Crippen LogP contribution in [0.15, 0.2) is 47.4 Å². The first kappa shape index (κ1) is 21.1. The maximum absolute atomic E-state index is 12.8. The molecule has 8 nitrogen and oxygen atoms in total. The number of nitro groups is 1. The van der Waals surface area contributed by atoms with Crippen molar-refractivity contribution in [2.75, 3.05) is 25.5 Å². The van der Waals surface area contributed by atoms with Crippen LogP contribution in [0.2, 0.25) is 0 Å². The molecule has 29 heavy (non-hydrogen) atoms. The van der Waals surface area contributed by atoms with E-state index in [1.54, 1.807) is 34.6 Å². The minimum Gasteiger partial charge on any atom is -0.496 e. The molecule has 3 rings (SSSR count). The number of non-ortho nitro benzene ring substituents is 1. The first-order chi connectivity index (χ1) is 13.9. The van der Waals surface area contributed by atoms with Crippen LogP contribution in [0.25, 0.3) is 0 Å². The zero-order chi connectivity index (χ0) is 20.9. The maximum Gasteiger partial charge on any atom is 0.270 e. The van der Waals surface area contributed by atoms with Crippen LogP contribution < -0.4 is 10.1 Å². The summed E-state index contributed by atoms with van der Waals surface area (Å²) >= 11 is 0. The van der Waals surface area contributed by atoms with Gasteiger partial charge in [0.1, 0.15) is 5.75 Å². The lowest BCUT2D eigenvalue weighted by Gasteiger charge is -2.20. The van der Waals surface area contributed by atoms with Crippen molar-refractivity contribution in [1.82, 2.24) is 4.31 Å². The van der Waals surface area contributed by atoms with Gasteiger partial charge in [-0.25, -0.2) is 8.42 Å². The summed E-state index contributed by atoms with van der Waals surface area (Å²) in [5, 5.41) is 14.2. The number of anilines is 1. The SMILES string of the molecule is COc1ccc([N+](=O)[O-])cc1CNc1ccc(S(=O)(=O)N2CCCCCC2)cc1. The number of nitro benzene ring substituents is 1. The predicted octanol–water partition coefficient (Wildman–Crippen LogP) is 3.78. The largest absolute Gasteiger partial charge is 0.496 e. The Morgan fingerprint density at radius 2 is 1.72 bits per heavy atom. The molecule has 9 heteroatoms. The highest BCUT2D eigenvalue weighted by atomic mass is 32.2. The van der Waals surface area contributed by atoms with Crippen LogP contribution in [-0.4, -0.2) is 37.8 Å². The minimum atomic E-state index is -3.48. The smallest absolute Gasteiger partial charge is 0.270 e. The molecule has 0 bridgehead atoms. The van der Waals surface area contributed by atoms with Crippen LogP contribution in [-0.2, 0) is 16.6 Å². The summed E-state index contributed by atoms with van der Waals surface area (Å²) < 4.78 is 32.5. The van der Waals surface area contributed by atoms with Gasteiger partial charge < -0.3 is 10.1 Å². The zero-order valence-electron chi connectivity index (χ0n) is 16.3. The summed E-state index contributed by atoms with van der Waals surface area (Å²) in [6.45, 7) is 1.44. The normalized spacial score (nSPS) is 15.5. The molecule has 1 aliphatic rings. The van der Waals surface area contributed by atoms with Crippen LogP contribution in [0.4, 0.5) is 11.4 Å². The Morgan fingerprint density at radius 3 is 2.31 bits per heavy atom. The fourth-order valence-electron chi connectivity index (χ4n) is 3.39. The third-order valence-electron chi connectivity index (χ3n) is 5.01. The van der Waals surface area contributed by atoms with Crippen molar-refractivity contribution < 1.29 is 18.1 Å². The molecule has 2 aromatic carbocycles. The topological polar surface area (TPSA) is 102 Å². The molecule has 1 heterocycles. The number of hydrogen-bond donors (Lipinski definition) is 1. The second-order valence-electron chi connectivity index (χ2n) is 6.95. The van der Waals surface area contributed by atoms with E-state index in [0.717, 1.165) is 25.7 Å². The Balaban J connectivity index is 1.71. The summed E-state index contributed by atoms with van der Waals surface area (Å²) in [4.78, 5) is 10.8. The number of nitrogens with zero attached hydrogens (tertiary/aromatic N) is 2. The van der Waals surface area contributed by atoms with E-state index in [2.05, 4.69) is 5.32 Å². The number of methoxy groups -OCH3 is 1. The van der Waals surface area contributed by atoms with Crippen molar-refractivity contribution >= 4 is 21.4 Å². The van der Waals surface area contributed by atoms with Crippen molar-refractivity contribution in [3.63, 3.8) is 0 Å². The zero-order valence-corrected chi connectivity index (χ0v) is 17.2. The van der Waals surface area contributed by atoms with Gasteiger partial charge in [-0.05, 0) is 43.2 Å². The van der Waals surface area contributed by atoms with Gasteiger partial charge in [-0.2, -0.15) is 4.31 Å². The fourth-order valence-corrected chi connectivity index (χ4v) is 4.91. The molecule has 2 aromatic rings. The van der Waals surface area contributed by atoms with Crippen LogP contribution >= 0.6 is 0 Å². The summed E-state index contributed by atoms with van der Waals surface area (Å²) in [6, 6.07) is 11.0. The molecule has 156 valence electrons. The fraction of sp³-hybridized carbons (Fsp3) is 0.400. The van der Waals surface area contributed by atoms with E-state index >= 15 is 0 Å². The van der Waals surface area contributed by atoms with Gasteiger partial charge in [-0.3, -0.25) is 10.1 Å². The highest BCUT2D eigenvalue weighted by molar-refractivity contribution is 7.89. The van der Waals surface area contributed by atoms with Gasteiger partial charge >= 0.3 is 0 Å². The molecule has 0 spiro atoms. The minimum absolute atomic E-state index is 0.0125. The second-order valence-corrected chi connectivity index (χ2v) is 8.89. The molecule has 1 N–H and O–H groups in total. The first-order valence-electron chi connectivity index (χ1n) is 9.57. The Hall–Kier alpha value is -2.65. The Labute approximate surface area is 170 Å². The molecule has 1 saturated heterocycles. The lowest BCUT2D eigenvalue weighted by atomic mass is 10.1. The van der Waals surface area contributed by atoms with E-state index in [1.807, 2.05) is 0 Å². The monoisotopic (exact) mass is 419 g/mol. The van der Waals surface area contributed by atoms with Crippen LogP contribution in [0, 0.1) is 10.1 Å². The third-order valence-corrected chi connectivity index (χ3v) is 6.93. The Bertz CT molecular complexity index is 953.